The van der Waals surface area contributed by atoms with Crippen molar-refractivity contribution in [1.82, 2.24) is 5.32 Å². The van der Waals surface area contributed by atoms with Gasteiger partial charge in [0, 0.05) is 5.56 Å². The minimum atomic E-state index is -1.11. The summed E-state index contributed by atoms with van der Waals surface area (Å²) in [5.41, 5.74) is 5.28. The van der Waals surface area contributed by atoms with Crippen LogP contribution in [-0.4, -0.2) is 35.0 Å². The molecule has 0 fully saturated rings. The van der Waals surface area contributed by atoms with E-state index >= 15 is 0 Å². The van der Waals surface area contributed by atoms with Crippen LogP contribution in [-0.2, 0) is 4.79 Å². The number of hydrogen-bond acceptors (Lipinski definition) is 4. The van der Waals surface area contributed by atoms with Gasteiger partial charge >= 0.3 is 5.97 Å². The molecule has 1 aromatic carbocycles. The molecular weight excluding hydrogens is 271 g/mol. The number of rotatable bonds is 6. The van der Waals surface area contributed by atoms with E-state index in [-0.39, 0.29) is 11.3 Å². The molecule has 1 rings (SSSR count). The number of aliphatic carboxylic acids is 1. The van der Waals surface area contributed by atoms with Crippen LogP contribution in [0.1, 0.15) is 16.8 Å². The van der Waals surface area contributed by atoms with Crippen LogP contribution in [0.4, 0.5) is 10.1 Å². The van der Waals surface area contributed by atoms with Gasteiger partial charge in [0.05, 0.1) is 5.69 Å². The quantitative estimate of drug-likeness (QED) is 0.686. The van der Waals surface area contributed by atoms with Crippen molar-refractivity contribution in [3.05, 3.63) is 29.6 Å². The highest BCUT2D eigenvalue weighted by Gasteiger charge is 2.20. The van der Waals surface area contributed by atoms with Crippen LogP contribution in [0.5, 0.6) is 0 Å². The van der Waals surface area contributed by atoms with Gasteiger partial charge in [-0.15, -0.1) is 0 Å². The van der Waals surface area contributed by atoms with E-state index in [9.17, 15) is 14.0 Å². The molecule has 0 aromatic heterocycles. The van der Waals surface area contributed by atoms with E-state index in [1.54, 1.807) is 0 Å². The Kier molecular flexibility index (Phi) is 5.62. The summed E-state index contributed by atoms with van der Waals surface area (Å²) in [4.78, 5) is 22.8. The highest BCUT2D eigenvalue weighted by molar-refractivity contribution is 7.98. The average molecular weight is 286 g/mol. The summed E-state index contributed by atoms with van der Waals surface area (Å²) in [5, 5.41) is 11.3. The van der Waals surface area contributed by atoms with E-state index in [1.807, 2.05) is 6.26 Å². The van der Waals surface area contributed by atoms with Gasteiger partial charge < -0.3 is 16.2 Å². The van der Waals surface area contributed by atoms with Crippen LogP contribution in [0.15, 0.2) is 18.2 Å². The van der Waals surface area contributed by atoms with Crippen molar-refractivity contribution in [3.8, 4) is 0 Å². The topological polar surface area (TPSA) is 92.4 Å². The molecule has 104 valence electrons. The van der Waals surface area contributed by atoms with Crippen LogP contribution in [0.3, 0.4) is 0 Å². The van der Waals surface area contributed by atoms with Gasteiger partial charge in [-0.2, -0.15) is 11.8 Å². The number of carboxylic acids is 1. The molecule has 0 saturated heterocycles. The Labute approximate surface area is 114 Å². The predicted molar refractivity (Wildman–Crippen MR) is 72.7 cm³/mol. The summed E-state index contributed by atoms with van der Waals surface area (Å²) in [7, 11) is 0. The summed E-state index contributed by atoms with van der Waals surface area (Å²) < 4.78 is 13.2. The van der Waals surface area contributed by atoms with Crippen LogP contribution >= 0.6 is 11.8 Å². The Morgan fingerprint density at radius 1 is 1.53 bits per heavy atom. The Balaban J connectivity index is 2.75. The molecule has 1 aromatic rings. The maximum absolute atomic E-state index is 13.2. The van der Waals surface area contributed by atoms with Crippen molar-refractivity contribution >= 4 is 29.3 Å². The molecule has 1 amide bonds. The van der Waals surface area contributed by atoms with Gasteiger partial charge in [0.15, 0.2) is 0 Å². The van der Waals surface area contributed by atoms with Crippen LogP contribution < -0.4 is 11.1 Å². The monoisotopic (exact) mass is 286 g/mol. The van der Waals surface area contributed by atoms with Gasteiger partial charge in [-0.3, -0.25) is 4.79 Å². The Morgan fingerprint density at radius 3 is 2.74 bits per heavy atom. The molecule has 0 aliphatic heterocycles. The van der Waals surface area contributed by atoms with Crippen molar-refractivity contribution in [1.29, 1.82) is 0 Å². The molecule has 1 atom stereocenters. The largest absolute Gasteiger partial charge is 0.480 e. The van der Waals surface area contributed by atoms with Crippen LogP contribution in [0, 0.1) is 5.82 Å². The minimum absolute atomic E-state index is 0.0436. The highest BCUT2D eigenvalue weighted by atomic mass is 32.2. The lowest BCUT2D eigenvalue weighted by molar-refractivity contribution is -0.139. The molecule has 0 aliphatic rings. The zero-order valence-corrected chi connectivity index (χ0v) is 11.2. The van der Waals surface area contributed by atoms with Crippen molar-refractivity contribution in [2.45, 2.75) is 12.5 Å². The number of carbonyl (C=O) groups is 2. The number of thioether (sulfide) groups is 1. The number of nitrogens with one attached hydrogen (secondary N) is 1. The molecule has 0 saturated carbocycles. The summed E-state index contributed by atoms with van der Waals surface area (Å²) in [6, 6.07) is 2.61. The average Bonchev–Trinajstić information content (AvgIpc) is 2.37. The lowest BCUT2D eigenvalue weighted by Gasteiger charge is -2.14. The lowest BCUT2D eigenvalue weighted by Crippen LogP contribution is -2.41. The molecule has 0 spiro atoms. The van der Waals surface area contributed by atoms with Crippen molar-refractivity contribution < 1.29 is 19.1 Å². The molecule has 19 heavy (non-hydrogen) atoms. The predicted octanol–water partition coefficient (Wildman–Crippen LogP) is 1.34. The molecule has 7 heteroatoms. The molecule has 5 nitrogen and oxygen atoms in total. The fraction of sp³-hybridized carbons (Fsp3) is 0.333. The zero-order valence-electron chi connectivity index (χ0n) is 10.4. The highest BCUT2D eigenvalue weighted by Crippen LogP contribution is 2.12. The molecule has 4 N–H and O–H groups in total. The molecule has 0 heterocycles. The third kappa shape index (κ3) is 4.44. The number of nitrogen functional groups attached to an aromatic ring is 1. The number of halogens is 1. The molecule has 0 unspecified atom stereocenters. The van der Waals surface area contributed by atoms with E-state index in [2.05, 4.69) is 5.32 Å². The molecular formula is C12H15FN2O3S. The zero-order chi connectivity index (χ0) is 14.4. The second-order valence-electron chi connectivity index (χ2n) is 3.88. The first-order chi connectivity index (χ1) is 8.95. The third-order valence-corrected chi connectivity index (χ3v) is 3.12. The smallest absolute Gasteiger partial charge is 0.326 e. The summed E-state index contributed by atoms with van der Waals surface area (Å²) >= 11 is 1.48. The summed E-state index contributed by atoms with van der Waals surface area (Å²) in [6.07, 6.45) is 2.15. The van der Waals surface area contributed by atoms with Gasteiger partial charge in [-0.1, -0.05) is 0 Å². The first kappa shape index (κ1) is 15.3. The van der Waals surface area contributed by atoms with Gasteiger partial charge in [0.25, 0.3) is 5.91 Å². The SMILES string of the molecule is CSCC[C@H](NC(=O)c1ccc(N)c(F)c1)C(=O)O. The number of carboxylic acid groups (broad SMARTS) is 1. The number of hydrogen-bond donors (Lipinski definition) is 3. The number of amides is 1. The minimum Gasteiger partial charge on any atom is -0.480 e. The molecule has 0 bridgehead atoms. The van der Waals surface area contributed by atoms with Crippen molar-refractivity contribution in [2.24, 2.45) is 0 Å². The van der Waals surface area contributed by atoms with Gasteiger partial charge in [0.1, 0.15) is 11.9 Å². The van der Waals surface area contributed by atoms with E-state index in [0.29, 0.717) is 12.2 Å². The molecule has 0 aliphatic carbocycles. The Bertz CT molecular complexity index is 482. The second-order valence-corrected chi connectivity index (χ2v) is 4.87. The summed E-state index contributed by atoms with van der Waals surface area (Å²) in [5.74, 6) is -1.85. The van der Waals surface area contributed by atoms with Gasteiger partial charge in [0.2, 0.25) is 0 Å². The molecule has 0 radical (unpaired) electrons. The van der Waals surface area contributed by atoms with E-state index in [4.69, 9.17) is 10.8 Å². The van der Waals surface area contributed by atoms with E-state index < -0.39 is 23.7 Å². The maximum Gasteiger partial charge on any atom is 0.326 e. The fourth-order valence-electron chi connectivity index (χ4n) is 1.40. The maximum atomic E-state index is 13.2. The first-order valence-corrected chi connectivity index (χ1v) is 6.92. The van der Waals surface area contributed by atoms with E-state index in [0.717, 1.165) is 6.07 Å². The van der Waals surface area contributed by atoms with Gasteiger partial charge in [-0.25, -0.2) is 9.18 Å². The Hall–Kier alpha value is -1.76. The van der Waals surface area contributed by atoms with Crippen molar-refractivity contribution in [3.63, 3.8) is 0 Å². The standard InChI is InChI=1S/C12H15FN2O3S/c1-19-5-4-10(12(17)18)15-11(16)7-2-3-9(14)8(13)6-7/h2-3,6,10H,4-5,14H2,1H3,(H,15,16)(H,17,18)/t10-/m0/s1. The number of anilines is 1. The normalized spacial score (nSPS) is 11.9. The number of benzene rings is 1. The van der Waals surface area contributed by atoms with E-state index in [1.165, 1.54) is 23.9 Å². The lowest BCUT2D eigenvalue weighted by atomic mass is 10.1. The second kappa shape index (κ2) is 6.98. The van der Waals surface area contributed by atoms with Crippen LogP contribution in [0.25, 0.3) is 0 Å². The third-order valence-electron chi connectivity index (χ3n) is 2.48. The first-order valence-electron chi connectivity index (χ1n) is 5.53. The number of carbonyl (C=O) groups excluding carboxylic acids is 1. The summed E-state index contributed by atoms with van der Waals surface area (Å²) in [6.45, 7) is 0. The van der Waals surface area contributed by atoms with Crippen molar-refractivity contribution in [2.75, 3.05) is 17.7 Å². The fourth-order valence-corrected chi connectivity index (χ4v) is 1.87. The van der Waals surface area contributed by atoms with Gasteiger partial charge in [-0.05, 0) is 36.6 Å². The Morgan fingerprint density at radius 2 is 2.21 bits per heavy atom. The van der Waals surface area contributed by atoms with Crippen LogP contribution in [0.2, 0.25) is 0 Å². The number of nitrogens with two attached hydrogens (primary N) is 1.